The highest BCUT2D eigenvalue weighted by Gasteiger charge is 2.15. The maximum Gasteiger partial charge on any atom is 0.233 e. The fourth-order valence-corrected chi connectivity index (χ4v) is 2.93. The molecule has 0 unspecified atom stereocenters. The average molecular weight is 287 g/mol. The molecule has 1 aliphatic rings. The average Bonchev–Trinajstić information content (AvgIpc) is 2.34. The monoisotopic (exact) mass is 286 g/mol. The second kappa shape index (κ2) is 5.41. The Labute approximate surface area is 112 Å². The van der Waals surface area contributed by atoms with Gasteiger partial charge in [-0.15, -0.1) is 0 Å². The number of hydrogen-bond donors (Lipinski definition) is 0. The van der Waals surface area contributed by atoms with Gasteiger partial charge in [0.05, 0.1) is 5.75 Å². The number of ketones is 1. The Hall–Kier alpha value is -0.870. The minimum absolute atomic E-state index is 0.0510. The molecular weight excluding hydrogens is 272 g/mol. The van der Waals surface area contributed by atoms with E-state index < -0.39 is 9.05 Å². The lowest BCUT2D eigenvalue weighted by Crippen LogP contribution is -2.09. The van der Waals surface area contributed by atoms with Gasteiger partial charge in [0.2, 0.25) is 9.05 Å². The predicted molar refractivity (Wildman–Crippen MR) is 71.7 cm³/mol. The lowest BCUT2D eigenvalue weighted by atomic mass is 9.89. The number of rotatable bonds is 4. The standard InChI is InChI=1S/C13H15ClO3S/c14-18(16,17)8-7-13(15)12-6-5-10-3-1-2-4-11(10)9-12/h5-6,9H,1-4,7-8H2. The summed E-state index contributed by atoms with van der Waals surface area (Å²) in [7, 11) is 1.51. The Kier molecular flexibility index (Phi) is 4.07. The Bertz CT molecular complexity index is 564. The summed E-state index contributed by atoms with van der Waals surface area (Å²) in [6, 6.07) is 5.67. The van der Waals surface area contributed by atoms with Gasteiger partial charge in [-0.2, -0.15) is 0 Å². The number of Topliss-reactive ketones (excluding diaryl/α,β-unsaturated/α-hetero) is 1. The van der Waals surface area contributed by atoms with Crippen molar-refractivity contribution in [3.63, 3.8) is 0 Å². The first-order valence-corrected chi connectivity index (χ1v) is 8.51. The van der Waals surface area contributed by atoms with E-state index in [9.17, 15) is 13.2 Å². The van der Waals surface area contributed by atoms with Crippen molar-refractivity contribution in [3.05, 3.63) is 34.9 Å². The van der Waals surface area contributed by atoms with Gasteiger partial charge in [0, 0.05) is 22.7 Å². The zero-order valence-electron chi connectivity index (χ0n) is 9.99. The quantitative estimate of drug-likeness (QED) is 0.632. The molecule has 0 amide bonds. The van der Waals surface area contributed by atoms with E-state index in [2.05, 4.69) is 0 Å². The highest BCUT2D eigenvalue weighted by molar-refractivity contribution is 8.13. The molecule has 0 N–H and O–H groups in total. The second-order valence-corrected chi connectivity index (χ2v) is 7.50. The van der Waals surface area contributed by atoms with Crippen LogP contribution in [0.5, 0.6) is 0 Å². The summed E-state index contributed by atoms with van der Waals surface area (Å²) in [5.74, 6) is -0.461. The molecule has 0 saturated heterocycles. The topological polar surface area (TPSA) is 51.2 Å². The number of fused-ring (bicyclic) bond motifs is 1. The van der Waals surface area contributed by atoms with Gasteiger partial charge >= 0.3 is 0 Å². The SMILES string of the molecule is O=C(CCS(=O)(=O)Cl)c1ccc2c(c1)CCCC2. The fourth-order valence-electron chi connectivity index (χ4n) is 2.27. The maximum absolute atomic E-state index is 11.9. The molecule has 0 atom stereocenters. The van der Waals surface area contributed by atoms with Crippen LogP contribution in [0.1, 0.15) is 40.7 Å². The van der Waals surface area contributed by atoms with Crippen molar-refractivity contribution in [1.82, 2.24) is 0 Å². The van der Waals surface area contributed by atoms with Gasteiger partial charge < -0.3 is 0 Å². The molecular formula is C13H15ClO3S. The van der Waals surface area contributed by atoms with Gasteiger partial charge in [0.15, 0.2) is 5.78 Å². The first kappa shape index (κ1) is 13.6. The Morgan fingerprint density at radius 3 is 2.50 bits per heavy atom. The molecule has 1 aromatic rings. The van der Waals surface area contributed by atoms with Crippen LogP contribution < -0.4 is 0 Å². The molecule has 0 fully saturated rings. The largest absolute Gasteiger partial charge is 0.294 e. The number of hydrogen-bond acceptors (Lipinski definition) is 3. The van der Waals surface area contributed by atoms with Crippen molar-refractivity contribution in [2.45, 2.75) is 32.1 Å². The highest BCUT2D eigenvalue weighted by atomic mass is 35.7. The summed E-state index contributed by atoms with van der Waals surface area (Å²) in [5.41, 5.74) is 3.12. The molecule has 0 aromatic heterocycles. The summed E-state index contributed by atoms with van der Waals surface area (Å²) in [5, 5.41) is 0. The van der Waals surface area contributed by atoms with Crippen LogP contribution in [0.15, 0.2) is 18.2 Å². The fraction of sp³-hybridized carbons (Fsp3) is 0.462. The van der Waals surface area contributed by atoms with E-state index in [0.29, 0.717) is 5.56 Å². The van der Waals surface area contributed by atoms with Crippen LogP contribution in [-0.2, 0) is 21.9 Å². The molecule has 18 heavy (non-hydrogen) atoms. The van der Waals surface area contributed by atoms with Crippen molar-refractivity contribution < 1.29 is 13.2 Å². The van der Waals surface area contributed by atoms with Crippen LogP contribution in [0.2, 0.25) is 0 Å². The minimum atomic E-state index is -3.59. The van der Waals surface area contributed by atoms with E-state index >= 15 is 0 Å². The molecule has 2 rings (SSSR count). The van der Waals surface area contributed by atoms with Gasteiger partial charge in [0.25, 0.3) is 0 Å². The molecule has 3 nitrogen and oxygen atoms in total. The molecule has 5 heteroatoms. The van der Waals surface area contributed by atoms with Gasteiger partial charge in [0.1, 0.15) is 0 Å². The van der Waals surface area contributed by atoms with Gasteiger partial charge in [-0.25, -0.2) is 8.42 Å². The Morgan fingerprint density at radius 2 is 1.83 bits per heavy atom. The summed E-state index contributed by atoms with van der Waals surface area (Å²) < 4.78 is 21.6. The molecule has 0 saturated carbocycles. The zero-order valence-corrected chi connectivity index (χ0v) is 11.6. The maximum atomic E-state index is 11.9. The molecule has 1 aromatic carbocycles. The van der Waals surface area contributed by atoms with E-state index in [0.717, 1.165) is 19.3 Å². The van der Waals surface area contributed by atoms with E-state index in [1.54, 1.807) is 6.07 Å². The van der Waals surface area contributed by atoms with Crippen molar-refractivity contribution in [1.29, 1.82) is 0 Å². The molecule has 0 aliphatic heterocycles. The predicted octanol–water partition coefficient (Wildman–Crippen LogP) is 2.71. The molecule has 1 aliphatic carbocycles. The van der Waals surface area contributed by atoms with Crippen molar-refractivity contribution in [2.75, 3.05) is 5.75 Å². The summed E-state index contributed by atoms with van der Waals surface area (Å²) >= 11 is 0. The van der Waals surface area contributed by atoms with Gasteiger partial charge in [-0.1, -0.05) is 12.1 Å². The minimum Gasteiger partial charge on any atom is -0.294 e. The summed E-state index contributed by atoms with van der Waals surface area (Å²) in [6.45, 7) is 0. The van der Waals surface area contributed by atoms with Gasteiger partial charge in [-0.3, -0.25) is 4.79 Å². The number of carbonyl (C=O) groups is 1. The van der Waals surface area contributed by atoms with E-state index in [4.69, 9.17) is 10.7 Å². The van der Waals surface area contributed by atoms with Crippen LogP contribution in [-0.4, -0.2) is 20.0 Å². The van der Waals surface area contributed by atoms with Crippen LogP contribution in [0.3, 0.4) is 0 Å². The number of halogens is 1. The zero-order chi connectivity index (χ0) is 13.2. The van der Waals surface area contributed by atoms with E-state index in [1.165, 1.54) is 17.5 Å². The molecule has 0 radical (unpaired) electrons. The summed E-state index contributed by atoms with van der Waals surface area (Å²) in [6.07, 6.45) is 4.38. The van der Waals surface area contributed by atoms with E-state index in [1.807, 2.05) is 12.1 Å². The van der Waals surface area contributed by atoms with Crippen molar-refractivity contribution >= 4 is 25.5 Å². The second-order valence-electron chi connectivity index (χ2n) is 4.61. The molecule has 98 valence electrons. The van der Waals surface area contributed by atoms with Crippen LogP contribution in [0, 0.1) is 0 Å². The van der Waals surface area contributed by atoms with Crippen molar-refractivity contribution in [2.24, 2.45) is 0 Å². The summed E-state index contributed by atoms with van der Waals surface area (Å²) in [4.78, 5) is 11.9. The Balaban J connectivity index is 2.11. The molecule has 0 bridgehead atoms. The third-order valence-corrected chi connectivity index (χ3v) is 4.40. The highest BCUT2D eigenvalue weighted by Crippen LogP contribution is 2.22. The van der Waals surface area contributed by atoms with Crippen LogP contribution in [0.4, 0.5) is 0 Å². The smallest absolute Gasteiger partial charge is 0.233 e. The first-order chi connectivity index (χ1) is 8.46. The third kappa shape index (κ3) is 3.56. The lowest BCUT2D eigenvalue weighted by molar-refractivity contribution is 0.0989. The first-order valence-electron chi connectivity index (χ1n) is 6.03. The Morgan fingerprint density at radius 1 is 1.17 bits per heavy atom. The molecule has 0 spiro atoms. The van der Waals surface area contributed by atoms with Crippen molar-refractivity contribution in [3.8, 4) is 0 Å². The number of aryl methyl sites for hydroxylation is 2. The molecule has 0 heterocycles. The third-order valence-electron chi connectivity index (χ3n) is 3.24. The normalized spacial score (nSPS) is 15.2. The number of carbonyl (C=O) groups excluding carboxylic acids is 1. The lowest BCUT2D eigenvalue weighted by Gasteiger charge is -2.16. The van der Waals surface area contributed by atoms with Crippen LogP contribution in [0.25, 0.3) is 0 Å². The van der Waals surface area contributed by atoms with Crippen LogP contribution >= 0.6 is 10.7 Å². The van der Waals surface area contributed by atoms with Gasteiger partial charge in [-0.05, 0) is 42.9 Å². The van der Waals surface area contributed by atoms with E-state index in [-0.39, 0.29) is 18.0 Å². The number of benzene rings is 1.